The molecule has 0 saturated carbocycles. The van der Waals surface area contributed by atoms with E-state index in [1.54, 1.807) is 28.4 Å². The van der Waals surface area contributed by atoms with Crippen molar-refractivity contribution in [2.24, 2.45) is 0 Å². The molecule has 0 spiro atoms. The maximum Gasteiger partial charge on any atom is 0.472 e. The van der Waals surface area contributed by atoms with Crippen molar-refractivity contribution in [1.82, 2.24) is 0 Å². The molecule has 0 bridgehead atoms. The zero-order chi connectivity index (χ0) is 23.4. The van der Waals surface area contributed by atoms with E-state index in [0.717, 1.165) is 0 Å². The zero-order valence-electron chi connectivity index (χ0n) is 20.7. The van der Waals surface area contributed by atoms with Gasteiger partial charge in [-0.3, -0.25) is 0 Å². The van der Waals surface area contributed by atoms with Crippen LogP contribution in [0.1, 0.15) is 0 Å². The molecule has 0 aromatic carbocycles. The summed E-state index contributed by atoms with van der Waals surface area (Å²) in [5.41, 5.74) is 0. The van der Waals surface area contributed by atoms with Gasteiger partial charge in [0.15, 0.2) is 0 Å². The monoisotopic (exact) mass is 522 g/mol. The van der Waals surface area contributed by atoms with Gasteiger partial charge < -0.3 is 38.3 Å². The SMILES string of the molecule is CO[Si](C)(C)O[Si](C)(O[Si](C)(C)OC)O[Si](C)(O[Si](C)(C)OC)O[Si](C)(C)OC. The van der Waals surface area contributed by atoms with Crippen molar-refractivity contribution in [3.8, 4) is 0 Å². The van der Waals surface area contributed by atoms with E-state index in [-0.39, 0.29) is 0 Å². The van der Waals surface area contributed by atoms with Crippen LogP contribution in [0.2, 0.25) is 65.5 Å². The molecule has 0 aliphatic heterocycles. The van der Waals surface area contributed by atoms with Crippen LogP contribution in [0.3, 0.4) is 0 Å². The average Bonchev–Trinajstić information content (AvgIpc) is 2.51. The van der Waals surface area contributed by atoms with E-state index in [1.807, 2.05) is 65.5 Å². The summed E-state index contributed by atoms with van der Waals surface area (Å²) < 4.78 is 54.6. The van der Waals surface area contributed by atoms with E-state index in [4.69, 9.17) is 38.3 Å². The van der Waals surface area contributed by atoms with Gasteiger partial charge in [-0.15, -0.1) is 0 Å². The molecule has 0 atom stereocenters. The van der Waals surface area contributed by atoms with Gasteiger partial charge >= 0.3 is 51.9 Å². The maximum atomic E-state index is 6.58. The third-order valence-corrected chi connectivity index (χ3v) is 24.8. The molecule has 0 radical (unpaired) electrons. The minimum absolute atomic E-state index is 1.63. The summed E-state index contributed by atoms with van der Waals surface area (Å²) in [5.74, 6) is 0. The quantitative estimate of drug-likeness (QED) is 0.318. The molecule has 0 aliphatic carbocycles. The summed E-state index contributed by atoms with van der Waals surface area (Å²) in [5, 5.41) is 0. The summed E-state index contributed by atoms with van der Waals surface area (Å²) in [6, 6.07) is 0. The van der Waals surface area contributed by atoms with Gasteiger partial charge in [0, 0.05) is 41.5 Å². The predicted molar refractivity (Wildman–Crippen MR) is 127 cm³/mol. The third kappa shape index (κ3) is 11.4. The topological polar surface area (TPSA) is 83.1 Å². The van der Waals surface area contributed by atoms with Crippen LogP contribution in [0.25, 0.3) is 0 Å². The number of hydrogen-bond donors (Lipinski definition) is 0. The lowest BCUT2D eigenvalue weighted by Gasteiger charge is -2.44. The lowest BCUT2D eigenvalue weighted by Crippen LogP contribution is -2.66. The third-order valence-electron chi connectivity index (χ3n) is 4.06. The normalized spacial score (nSPS) is 15.1. The van der Waals surface area contributed by atoms with E-state index in [9.17, 15) is 0 Å². The van der Waals surface area contributed by atoms with Crippen LogP contribution in [0.5, 0.6) is 0 Å². The molecule has 9 nitrogen and oxygen atoms in total. The Morgan fingerprint density at radius 1 is 0.310 bits per heavy atom. The molecule has 0 aromatic rings. The van der Waals surface area contributed by atoms with E-state index < -0.39 is 51.9 Å². The van der Waals surface area contributed by atoms with Gasteiger partial charge in [-0.05, 0) is 52.4 Å². The molecule has 0 N–H and O–H groups in total. The van der Waals surface area contributed by atoms with Crippen molar-refractivity contribution in [3.63, 3.8) is 0 Å². The highest BCUT2D eigenvalue weighted by Crippen LogP contribution is 2.30. The molecular weight excluding hydrogens is 481 g/mol. The van der Waals surface area contributed by atoms with Crippen LogP contribution >= 0.6 is 0 Å². The van der Waals surface area contributed by atoms with Crippen LogP contribution < -0.4 is 0 Å². The minimum Gasteiger partial charge on any atom is -0.398 e. The molecule has 0 aromatic heterocycles. The first-order chi connectivity index (χ1) is 12.8. The first-order valence-corrected chi connectivity index (χ1v) is 25.2. The van der Waals surface area contributed by atoms with Gasteiger partial charge in [0.2, 0.25) is 0 Å². The maximum absolute atomic E-state index is 6.58. The second-order valence-electron chi connectivity index (χ2n) is 8.65. The highest BCUT2D eigenvalue weighted by atomic mass is 28.5. The molecule has 0 fully saturated rings. The molecule has 15 heteroatoms. The molecule has 0 aliphatic rings. The van der Waals surface area contributed by atoms with Gasteiger partial charge in [0.1, 0.15) is 0 Å². The molecule has 29 heavy (non-hydrogen) atoms. The van der Waals surface area contributed by atoms with Crippen LogP contribution in [-0.4, -0.2) is 80.3 Å². The minimum atomic E-state index is -3.30. The Hall–Kier alpha value is 0.941. The Labute approximate surface area is 184 Å². The Morgan fingerprint density at radius 3 is 0.621 bits per heavy atom. The average molecular weight is 523 g/mol. The van der Waals surface area contributed by atoms with Crippen LogP contribution in [0, 0.1) is 0 Å². The molecule has 0 unspecified atom stereocenters. The summed E-state index contributed by atoms with van der Waals surface area (Å²) in [4.78, 5) is 0. The van der Waals surface area contributed by atoms with Gasteiger partial charge in [0.05, 0.1) is 0 Å². The Kier molecular flexibility index (Phi) is 11.1. The lowest BCUT2D eigenvalue weighted by atomic mass is 11.8. The highest BCUT2D eigenvalue weighted by molar-refractivity contribution is 6.89. The molecule has 176 valence electrons. The van der Waals surface area contributed by atoms with Gasteiger partial charge in [-0.2, -0.15) is 0 Å². The summed E-state index contributed by atoms with van der Waals surface area (Å²) >= 11 is 0. The molecule has 0 rings (SSSR count). The largest absolute Gasteiger partial charge is 0.472 e. The van der Waals surface area contributed by atoms with Crippen LogP contribution in [-0.2, 0) is 38.3 Å². The fourth-order valence-corrected chi connectivity index (χ4v) is 24.0. The van der Waals surface area contributed by atoms with Crippen molar-refractivity contribution in [2.45, 2.75) is 65.5 Å². The van der Waals surface area contributed by atoms with Crippen molar-refractivity contribution < 1.29 is 38.3 Å². The van der Waals surface area contributed by atoms with E-state index in [0.29, 0.717) is 0 Å². The number of rotatable bonds is 14. The predicted octanol–water partition coefficient (Wildman–Crippen LogP) is 3.60. The highest BCUT2D eigenvalue weighted by Gasteiger charge is 2.57. The van der Waals surface area contributed by atoms with Crippen LogP contribution in [0.4, 0.5) is 0 Å². The summed E-state index contributed by atoms with van der Waals surface area (Å²) in [7, 11) is -10.1. The molecular formula is C14H42O9Si6. The van der Waals surface area contributed by atoms with E-state index >= 15 is 0 Å². The summed E-state index contributed by atoms with van der Waals surface area (Å²) in [6.45, 7) is 19.2. The van der Waals surface area contributed by atoms with E-state index in [1.165, 1.54) is 0 Å². The zero-order valence-corrected chi connectivity index (χ0v) is 26.7. The van der Waals surface area contributed by atoms with Crippen molar-refractivity contribution >= 4 is 51.9 Å². The smallest absolute Gasteiger partial charge is 0.398 e. The van der Waals surface area contributed by atoms with Gasteiger partial charge in [0.25, 0.3) is 0 Å². The van der Waals surface area contributed by atoms with Gasteiger partial charge in [-0.25, -0.2) is 0 Å². The first kappa shape index (κ1) is 29.9. The second kappa shape index (κ2) is 10.7. The fraction of sp³-hybridized carbons (Fsp3) is 1.00. The molecule has 0 saturated heterocycles. The van der Waals surface area contributed by atoms with Crippen molar-refractivity contribution in [2.75, 3.05) is 28.4 Å². The fourth-order valence-electron chi connectivity index (χ4n) is 2.41. The summed E-state index contributed by atoms with van der Waals surface area (Å²) in [6.07, 6.45) is 0. The standard InChI is InChI=1S/C14H42O9Si6/c1-15-24(5,6)19-28(13,20-25(7,8)16-2)23-29(14,21-26(9,10)17-3)22-27(11,12)18-4/h1-14H3. The van der Waals surface area contributed by atoms with E-state index in [2.05, 4.69) is 0 Å². The first-order valence-electron chi connectivity index (χ1n) is 9.49. The van der Waals surface area contributed by atoms with Gasteiger partial charge in [-0.1, -0.05) is 0 Å². The lowest BCUT2D eigenvalue weighted by molar-refractivity contribution is 0.132. The molecule has 0 heterocycles. The second-order valence-corrected chi connectivity index (χ2v) is 29.0. The van der Waals surface area contributed by atoms with Crippen molar-refractivity contribution in [1.29, 1.82) is 0 Å². The van der Waals surface area contributed by atoms with Crippen molar-refractivity contribution in [3.05, 3.63) is 0 Å². The Morgan fingerprint density at radius 2 is 0.483 bits per heavy atom. The van der Waals surface area contributed by atoms with Crippen LogP contribution in [0.15, 0.2) is 0 Å². The molecule has 0 amide bonds. The Bertz CT molecular complexity index is 438. The Balaban J connectivity index is 6.13. The number of hydrogen-bond acceptors (Lipinski definition) is 9.